The van der Waals surface area contributed by atoms with Gasteiger partial charge in [-0.05, 0) is 31.1 Å². The SMILES string of the molecule is C=Cc1ncc2nc(Nc3ccccc3Cl)n(C3CCCC3)c2n1. The molecule has 1 fully saturated rings. The molecule has 0 saturated heterocycles. The van der Waals surface area contributed by atoms with E-state index in [0.717, 1.165) is 35.6 Å². The summed E-state index contributed by atoms with van der Waals surface area (Å²) in [5, 5.41) is 4.04. The quantitative estimate of drug-likeness (QED) is 0.728. The molecule has 1 aliphatic rings. The number of halogens is 1. The Hall–Kier alpha value is -2.40. The van der Waals surface area contributed by atoms with Crippen LogP contribution in [0.1, 0.15) is 37.5 Å². The molecule has 0 radical (unpaired) electrons. The number of benzene rings is 1. The van der Waals surface area contributed by atoms with Crippen molar-refractivity contribution in [2.75, 3.05) is 5.32 Å². The first-order chi connectivity index (χ1) is 11.8. The van der Waals surface area contributed by atoms with Crippen molar-refractivity contribution in [2.24, 2.45) is 0 Å². The number of rotatable bonds is 4. The third-order valence-corrected chi connectivity index (χ3v) is 4.77. The highest BCUT2D eigenvalue weighted by molar-refractivity contribution is 6.33. The maximum absolute atomic E-state index is 6.29. The van der Waals surface area contributed by atoms with Crippen LogP contribution >= 0.6 is 11.6 Å². The Kier molecular flexibility index (Phi) is 3.94. The van der Waals surface area contributed by atoms with Crippen LogP contribution in [0.15, 0.2) is 37.0 Å². The molecule has 0 atom stereocenters. The lowest BCUT2D eigenvalue weighted by molar-refractivity contribution is 0.535. The molecule has 0 unspecified atom stereocenters. The summed E-state index contributed by atoms with van der Waals surface area (Å²) in [6, 6.07) is 8.07. The zero-order chi connectivity index (χ0) is 16.5. The minimum atomic E-state index is 0.396. The zero-order valence-corrected chi connectivity index (χ0v) is 14.0. The number of hydrogen-bond acceptors (Lipinski definition) is 4. The summed E-state index contributed by atoms with van der Waals surface area (Å²) in [6.45, 7) is 3.76. The fourth-order valence-corrected chi connectivity index (χ4v) is 3.46. The number of anilines is 2. The number of nitrogens with one attached hydrogen (secondary N) is 1. The van der Waals surface area contributed by atoms with Gasteiger partial charge in [0.25, 0.3) is 0 Å². The second-order valence-corrected chi connectivity index (χ2v) is 6.40. The van der Waals surface area contributed by atoms with Gasteiger partial charge in [0.1, 0.15) is 5.52 Å². The molecule has 0 amide bonds. The van der Waals surface area contributed by atoms with Crippen molar-refractivity contribution in [3.8, 4) is 0 Å². The van der Waals surface area contributed by atoms with Crippen LogP contribution in [0, 0.1) is 0 Å². The summed E-state index contributed by atoms with van der Waals surface area (Å²) < 4.78 is 2.19. The highest BCUT2D eigenvalue weighted by Crippen LogP contribution is 2.36. The predicted octanol–water partition coefficient (Wildman–Crippen LogP) is 4.98. The molecule has 2 heterocycles. The topological polar surface area (TPSA) is 55.6 Å². The number of imidazole rings is 1. The lowest BCUT2D eigenvalue weighted by Gasteiger charge is -2.17. The van der Waals surface area contributed by atoms with Crippen molar-refractivity contribution in [1.82, 2.24) is 19.5 Å². The molecule has 3 aromatic rings. The van der Waals surface area contributed by atoms with Crippen molar-refractivity contribution in [3.63, 3.8) is 0 Å². The molecule has 24 heavy (non-hydrogen) atoms. The summed E-state index contributed by atoms with van der Waals surface area (Å²) in [5.41, 5.74) is 2.47. The van der Waals surface area contributed by atoms with E-state index in [2.05, 4.69) is 26.4 Å². The predicted molar refractivity (Wildman–Crippen MR) is 97.7 cm³/mol. The molecular formula is C18H18ClN5. The lowest BCUT2D eigenvalue weighted by Crippen LogP contribution is -2.10. The Morgan fingerprint density at radius 3 is 2.75 bits per heavy atom. The maximum atomic E-state index is 6.29. The number of aromatic nitrogens is 4. The van der Waals surface area contributed by atoms with Crippen LogP contribution in [0.25, 0.3) is 17.2 Å². The van der Waals surface area contributed by atoms with E-state index in [-0.39, 0.29) is 0 Å². The normalized spacial score (nSPS) is 15.0. The average molecular weight is 340 g/mol. The van der Waals surface area contributed by atoms with Crippen LogP contribution in [0.2, 0.25) is 5.02 Å². The molecule has 1 saturated carbocycles. The number of fused-ring (bicyclic) bond motifs is 1. The summed E-state index contributed by atoms with van der Waals surface area (Å²) in [4.78, 5) is 13.6. The van der Waals surface area contributed by atoms with Crippen molar-refractivity contribution in [3.05, 3.63) is 47.9 Å². The highest BCUT2D eigenvalue weighted by Gasteiger charge is 2.24. The first-order valence-corrected chi connectivity index (χ1v) is 8.53. The van der Waals surface area contributed by atoms with E-state index in [1.54, 1.807) is 12.3 Å². The van der Waals surface area contributed by atoms with Gasteiger partial charge in [-0.3, -0.25) is 4.57 Å². The van der Waals surface area contributed by atoms with Crippen molar-refractivity contribution in [2.45, 2.75) is 31.7 Å². The second-order valence-electron chi connectivity index (χ2n) is 5.99. The summed E-state index contributed by atoms with van der Waals surface area (Å²) in [7, 11) is 0. The van der Waals surface area contributed by atoms with Crippen LogP contribution in [0.3, 0.4) is 0 Å². The molecule has 5 nitrogen and oxygen atoms in total. The van der Waals surface area contributed by atoms with Gasteiger partial charge >= 0.3 is 0 Å². The fourth-order valence-electron chi connectivity index (χ4n) is 3.28. The molecular weight excluding hydrogens is 322 g/mol. The highest BCUT2D eigenvalue weighted by atomic mass is 35.5. The van der Waals surface area contributed by atoms with E-state index in [9.17, 15) is 0 Å². The fraction of sp³-hybridized carbons (Fsp3) is 0.278. The van der Waals surface area contributed by atoms with Crippen molar-refractivity contribution >= 4 is 40.5 Å². The molecule has 1 aromatic carbocycles. The largest absolute Gasteiger partial charge is 0.324 e. The Morgan fingerprint density at radius 1 is 1.21 bits per heavy atom. The molecule has 4 rings (SSSR count). The smallest absolute Gasteiger partial charge is 0.210 e. The van der Waals surface area contributed by atoms with E-state index < -0.39 is 0 Å². The summed E-state index contributed by atoms with van der Waals surface area (Å²) >= 11 is 6.29. The molecule has 1 N–H and O–H groups in total. The van der Waals surface area contributed by atoms with Gasteiger partial charge in [0.2, 0.25) is 5.95 Å². The van der Waals surface area contributed by atoms with Gasteiger partial charge in [0.05, 0.1) is 16.9 Å². The van der Waals surface area contributed by atoms with Gasteiger partial charge in [-0.1, -0.05) is 43.2 Å². The molecule has 0 aliphatic heterocycles. The van der Waals surface area contributed by atoms with E-state index >= 15 is 0 Å². The number of hydrogen-bond donors (Lipinski definition) is 1. The van der Waals surface area contributed by atoms with Crippen LogP contribution in [-0.4, -0.2) is 19.5 Å². The molecule has 0 spiro atoms. The summed E-state index contributed by atoms with van der Waals surface area (Å²) in [6.07, 6.45) is 8.14. The monoisotopic (exact) mass is 339 g/mol. The minimum absolute atomic E-state index is 0.396. The Balaban J connectivity index is 1.85. The van der Waals surface area contributed by atoms with E-state index in [4.69, 9.17) is 16.6 Å². The van der Waals surface area contributed by atoms with Gasteiger partial charge in [-0.25, -0.2) is 15.0 Å². The standard InChI is InChI=1S/C18H18ClN5/c1-2-16-20-11-15-17(23-16)24(12-7-3-4-8-12)18(22-15)21-14-10-6-5-9-13(14)19/h2,5-6,9-12H,1,3-4,7-8H2,(H,21,22). The maximum Gasteiger partial charge on any atom is 0.210 e. The van der Waals surface area contributed by atoms with Crippen LogP contribution in [-0.2, 0) is 0 Å². The summed E-state index contributed by atoms with van der Waals surface area (Å²) in [5.74, 6) is 1.38. The van der Waals surface area contributed by atoms with Crippen LogP contribution in [0.4, 0.5) is 11.6 Å². The average Bonchev–Trinajstić information content (AvgIpc) is 3.23. The molecule has 2 aromatic heterocycles. The van der Waals surface area contributed by atoms with Gasteiger partial charge < -0.3 is 5.32 Å². The van der Waals surface area contributed by atoms with Gasteiger partial charge in [-0.15, -0.1) is 0 Å². The minimum Gasteiger partial charge on any atom is -0.324 e. The molecule has 6 heteroatoms. The van der Waals surface area contributed by atoms with Gasteiger partial charge in [-0.2, -0.15) is 0 Å². The number of nitrogens with zero attached hydrogens (tertiary/aromatic N) is 4. The van der Waals surface area contributed by atoms with E-state index in [1.807, 2.05) is 24.3 Å². The first kappa shape index (κ1) is 15.1. The third kappa shape index (κ3) is 2.65. The second kappa shape index (κ2) is 6.24. The lowest BCUT2D eigenvalue weighted by atomic mass is 10.2. The van der Waals surface area contributed by atoms with Crippen molar-refractivity contribution < 1.29 is 0 Å². The zero-order valence-electron chi connectivity index (χ0n) is 13.2. The Bertz CT molecular complexity index is 896. The van der Waals surface area contributed by atoms with Gasteiger partial charge in [0.15, 0.2) is 11.5 Å². The first-order valence-electron chi connectivity index (χ1n) is 8.15. The Labute approximate surface area is 145 Å². The molecule has 1 aliphatic carbocycles. The molecule has 0 bridgehead atoms. The third-order valence-electron chi connectivity index (χ3n) is 4.44. The molecule has 122 valence electrons. The van der Waals surface area contributed by atoms with E-state index in [1.165, 1.54) is 12.8 Å². The van der Waals surface area contributed by atoms with Gasteiger partial charge in [0, 0.05) is 6.04 Å². The van der Waals surface area contributed by atoms with Crippen LogP contribution < -0.4 is 5.32 Å². The van der Waals surface area contributed by atoms with E-state index in [0.29, 0.717) is 16.9 Å². The van der Waals surface area contributed by atoms with Crippen molar-refractivity contribution in [1.29, 1.82) is 0 Å². The van der Waals surface area contributed by atoms with Crippen LogP contribution in [0.5, 0.6) is 0 Å². The number of para-hydroxylation sites is 1. The Morgan fingerprint density at radius 2 is 2.00 bits per heavy atom.